The highest BCUT2D eigenvalue weighted by molar-refractivity contribution is 7.21. The second-order valence-corrected chi connectivity index (χ2v) is 16.6. The zero-order chi connectivity index (χ0) is 39.8. The first-order valence-corrected chi connectivity index (χ1v) is 21.6. The van der Waals surface area contributed by atoms with Gasteiger partial charge in [-0.25, -0.2) is 0 Å². The van der Waals surface area contributed by atoms with Crippen LogP contribution in [0.2, 0.25) is 0 Å². The molecule has 10 aromatic rings. The maximum Gasteiger partial charge on any atom is 0.0462 e. The maximum atomic E-state index is 2.45. The predicted molar refractivity (Wildman–Crippen MR) is 258 cm³/mol. The van der Waals surface area contributed by atoms with Crippen LogP contribution in [0.3, 0.4) is 0 Å². The van der Waals surface area contributed by atoms with Crippen molar-refractivity contribution in [3.05, 3.63) is 240 Å². The molecular weight excluding hydrogens is 743 g/mol. The lowest BCUT2D eigenvalue weighted by Gasteiger charge is -2.26. The third kappa shape index (κ3) is 6.62. The van der Waals surface area contributed by atoms with Crippen molar-refractivity contribution in [3.8, 4) is 44.5 Å². The number of hydrogen-bond acceptors (Lipinski definition) is 2. The molecular formula is C58H41NS. The molecule has 0 aliphatic heterocycles. The largest absolute Gasteiger partial charge is 0.311 e. The maximum absolute atomic E-state index is 2.45. The molecule has 0 saturated carbocycles. The summed E-state index contributed by atoms with van der Waals surface area (Å²) >= 11 is 1.95. The summed E-state index contributed by atoms with van der Waals surface area (Å²) < 4.78 is 1.38. The number of thiophene rings is 1. The van der Waals surface area contributed by atoms with E-state index in [4.69, 9.17) is 0 Å². The standard InChI is InChI=1S/C58H41NS/c1-3-13-40(14-4-1)41-27-33-48(34-28-41)59(50-37-31-45(32-38-50)52-22-10-18-43-17-7-8-21-51(43)52)49-35-29-42(30-36-49)46-19-9-20-47(39-46)54-24-12-26-56-55-25-11-23-53(57(55)60-58(54)56)44-15-5-2-6-16-44/h1-11,13-25,27-39H,12,26H2. The van der Waals surface area contributed by atoms with Gasteiger partial charge in [-0.05, 0) is 133 Å². The van der Waals surface area contributed by atoms with E-state index in [-0.39, 0.29) is 0 Å². The Morgan fingerprint density at radius 1 is 0.367 bits per heavy atom. The molecule has 1 nitrogen and oxygen atoms in total. The van der Waals surface area contributed by atoms with Crippen LogP contribution in [-0.4, -0.2) is 0 Å². The fraction of sp³-hybridized carbons (Fsp3) is 0.0345. The third-order valence-corrected chi connectivity index (χ3v) is 13.3. The van der Waals surface area contributed by atoms with Crippen molar-refractivity contribution in [1.82, 2.24) is 0 Å². The number of hydrogen-bond donors (Lipinski definition) is 0. The minimum absolute atomic E-state index is 1.05. The predicted octanol–water partition coefficient (Wildman–Crippen LogP) is 16.6. The van der Waals surface area contributed by atoms with Gasteiger partial charge in [-0.1, -0.05) is 182 Å². The van der Waals surface area contributed by atoms with E-state index in [1.165, 1.54) is 86.9 Å². The fourth-order valence-corrected chi connectivity index (χ4v) is 10.4. The number of allylic oxidation sites excluding steroid dienone is 1. The van der Waals surface area contributed by atoms with Gasteiger partial charge in [-0.2, -0.15) is 0 Å². The van der Waals surface area contributed by atoms with Gasteiger partial charge in [-0.3, -0.25) is 0 Å². The highest BCUT2D eigenvalue weighted by Crippen LogP contribution is 2.46. The van der Waals surface area contributed by atoms with E-state index >= 15 is 0 Å². The van der Waals surface area contributed by atoms with E-state index in [0.717, 1.165) is 29.9 Å². The summed E-state index contributed by atoms with van der Waals surface area (Å²) in [6.45, 7) is 0. The number of benzene rings is 9. The summed E-state index contributed by atoms with van der Waals surface area (Å²) in [5.41, 5.74) is 17.3. The van der Waals surface area contributed by atoms with Gasteiger partial charge in [0.2, 0.25) is 0 Å². The van der Waals surface area contributed by atoms with Crippen LogP contribution in [0.1, 0.15) is 22.4 Å². The van der Waals surface area contributed by atoms with Crippen molar-refractivity contribution in [1.29, 1.82) is 0 Å². The summed E-state index contributed by atoms with van der Waals surface area (Å²) in [6.07, 6.45) is 4.58. The molecule has 0 spiro atoms. The smallest absolute Gasteiger partial charge is 0.0462 e. The Hall–Kier alpha value is -7.26. The number of rotatable bonds is 8. The van der Waals surface area contributed by atoms with Crippen LogP contribution in [0.25, 0.3) is 70.9 Å². The molecule has 0 unspecified atom stereocenters. The molecule has 60 heavy (non-hydrogen) atoms. The first-order chi connectivity index (χ1) is 29.7. The Morgan fingerprint density at radius 3 is 1.57 bits per heavy atom. The Morgan fingerprint density at radius 2 is 0.850 bits per heavy atom. The van der Waals surface area contributed by atoms with Crippen LogP contribution in [0.4, 0.5) is 17.1 Å². The summed E-state index contributed by atoms with van der Waals surface area (Å²) in [7, 11) is 0. The average Bonchev–Trinajstić information content (AvgIpc) is 3.72. The lowest BCUT2D eigenvalue weighted by Crippen LogP contribution is -2.09. The first-order valence-electron chi connectivity index (χ1n) is 20.8. The van der Waals surface area contributed by atoms with Crippen LogP contribution in [-0.2, 0) is 6.42 Å². The normalized spacial score (nSPS) is 12.3. The van der Waals surface area contributed by atoms with Crippen molar-refractivity contribution in [2.75, 3.05) is 4.90 Å². The molecule has 9 aromatic carbocycles. The molecule has 0 amide bonds. The lowest BCUT2D eigenvalue weighted by atomic mass is 9.90. The van der Waals surface area contributed by atoms with Gasteiger partial charge >= 0.3 is 0 Å². The van der Waals surface area contributed by atoms with E-state index in [9.17, 15) is 0 Å². The van der Waals surface area contributed by atoms with Gasteiger partial charge in [0.25, 0.3) is 0 Å². The fourth-order valence-electron chi connectivity index (χ4n) is 9.00. The molecule has 1 aliphatic rings. The van der Waals surface area contributed by atoms with E-state index < -0.39 is 0 Å². The molecule has 11 rings (SSSR count). The molecule has 0 saturated heterocycles. The second kappa shape index (κ2) is 15.5. The van der Waals surface area contributed by atoms with Crippen LogP contribution in [0, 0.1) is 0 Å². The minimum atomic E-state index is 1.05. The van der Waals surface area contributed by atoms with Gasteiger partial charge in [0.1, 0.15) is 0 Å². The molecule has 0 N–H and O–H groups in total. The molecule has 0 fully saturated rings. The Balaban J connectivity index is 0.935. The first kappa shape index (κ1) is 35.9. The number of nitrogens with zero attached hydrogens (tertiary/aromatic N) is 1. The number of fused-ring (bicyclic) bond motifs is 4. The molecule has 284 valence electrons. The number of aryl methyl sites for hydroxylation is 1. The summed E-state index contributed by atoms with van der Waals surface area (Å²) in [5, 5.41) is 3.92. The van der Waals surface area contributed by atoms with Crippen LogP contribution < -0.4 is 4.90 Å². The Bertz CT molecular complexity index is 3150. The SMILES string of the molecule is C1=C(c2cccc(-c3ccc(N(c4ccc(-c5ccccc5)cc4)c4ccc(-c5cccc6ccccc56)cc4)cc3)c2)c2sc3c(-c4ccccc4)cccc3c2CC1. The molecule has 1 aliphatic carbocycles. The van der Waals surface area contributed by atoms with E-state index in [1.54, 1.807) is 0 Å². The Kier molecular flexibility index (Phi) is 9.26. The zero-order valence-corrected chi connectivity index (χ0v) is 33.9. The van der Waals surface area contributed by atoms with Gasteiger partial charge in [0, 0.05) is 26.6 Å². The molecule has 0 bridgehead atoms. The van der Waals surface area contributed by atoms with Crippen LogP contribution in [0.5, 0.6) is 0 Å². The Labute approximate surface area is 355 Å². The van der Waals surface area contributed by atoms with E-state index in [1.807, 2.05) is 11.3 Å². The third-order valence-electron chi connectivity index (χ3n) is 12.0. The van der Waals surface area contributed by atoms with Crippen molar-refractivity contribution in [2.24, 2.45) is 0 Å². The second-order valence-electron chi connectivity index (χ2n) is 15.6. The van der Waals surface area contributed by atoms with Gasteiger partial charge in [0.15, 0.2) is 0 Å². The van der Waals surface area contributed by atoms with Crippen molar-refractivity contribution >= 4 is 54.8 Å². The van der Waals surface area contributed by atoms with Crippen LogP contribution in [0.15, 0.2) is 224 Å². The summed E-state index contributed by atoms with van der Waals surface area (Å²) in [4.78, 5) is 3.77. The van der Waals surface area contributed by atoms with Gasteiger partial charge in [-0.15, -0.1) is 11.3 Å². The lowest BCUT2D eigenvalue weighted by molar-refractivity contribution is 0.998. The van der Waals surface area contributed by atoms with E-state index in [2.05, 4.69) is 229 Å². The highest BCUT2D eigenvalue weighted by Gasteiger charge is 2.22. The highest BCUT2D eigenvalue weighted by atomic mass is 32.1. The van der Waals surface area contributed by atoms with Crippen molar-refractivity contribution in [3.63, 3.8) is 0 Å². The van der Waals surface area contributed by atoms with Crippen LogP contribution >= 0.6 is 11.3 Å². The van der Waals surface area contributed by atoms with Crippen molar-refractivity contribution in [2.45, 2.75) is 12.8 Å². The topological polar surface area (TPSA) is 3.24 Å². The minimum Gasteiger partial charge on any atom is -0.311 e. The molecule has 0 radical (unpaired) electrons. The van der Waals surface area contributed by atoms with Gasteiger partial charge < -0.3 is 4.90 Å². The summed E-state index contributed by atoms with van der Waals surface area (Å²) in [6, 6.07) is 79.6. The quantitative estimate of drug-likeness (QED) is 0.148. The zero-order valence-electron chi connectivity index (χ0n) is 33.1. The summed E-state index contributed by atoms with van der Waals surface area (Å²) in [5.74, 6) is 0. The van der Waals surface area contributed by atoms with E-state index in [0.29, 0.717) is 0 Å². The molecule has 1 heterocycles. The average molecular weight is 784 g/mol. The monoisotopic (exact) mass is 783 g/mol. The molecule has 2 heteroatoms. The number of anilines is 3. The molecule has 0 atom stereocenters. The molecule has 1 aromatic heterocycles. The van der Waals surface area contributed by atoms with Crippen molar-refractivity contribution < 1.29 is 0 Å². The van der Waals surface area contributed by atoms with Gasteiger partial charge in [0.05, 0.1) is 0 Å².